The number of ether oxygens (including phenoxy) is 1. The number of rotatable bonds is 6. The van der Waals surface area contributed by atoms with Crippen LogP contribution in [0.5, 0.6) is 11.5 Å². The van der Waals surface area contributed by atoms with Gasteiger partial charge in [0.1, 0.15) is 23.3 Å². The first-order valence-corrected chi connectivity index (χ1v) is 9.92. The van der Waals surface area contributed by atoms with Crippen LogP contribution in [0.1, 0.15) is 35.5 Å². The fourth-order valence-electron chi connectivity index (χ4n) is 2.74. The average molecular weight is 458 g/mol. The van der Waals surface area contributed by atoms with E-state index in [9.17, 15) is 23.1 Å². The molecular formula is C24H21F3N2O4. The number of hydrogen-bond acceptors (Lipinski definition) is 6. The summed E-state index contributed by atoms with van der Waals surface area (Å²) in [6.07, 6.45) is -6.25. The lowest BCUT2D eigenvalue weighted by Gasteiger charge is -2.12. The highest BCUT2D eigenvalue weighted by molar-refractivity contribution is 5.98. The second-order valence-corrected chi connectivity index (χ2v) is 6.41. The normalized spacial score (nSPS) is 11.6. The predicted octanol–water partition coefficient (Wildman–Crippen LogP) is 4.99. The van der Waals surface area contributed by atoms with Gasteiger partial charge in [0.25, 0.3) is 0 Å². The number of Topliss-reactive ketones (excluding diaryl/α,β-unsaturated/α-hetero) is 1. The Morgan fingerprint density at radius 3 is 2.30 bits per heavy atom. The van der Waals surface area contributed by atoms with Gasteiger partial charge in [-0.05, 0) is 54.6 Å². The van der Waals surface area contributed by atoms with Gasteiger partial charge in [-0.2, -0.15) is 18.4 Å². The highest BCUT2D eigenvalue weighted by Crippen LogP contribution is 2.35. The Balaban J connectivity index is 0.00000187. The van der Waals surface area contributed by atoms with Gasteiger partial charge in [-0.25, -0.2) is 4.98 Å². The number of nitriles is 1. The molecule has 6 nitrogen and oxygen atoms in total. The third kappa shape index (κ3) is 6.38. The van der Waals surface area contributed by atoms with Gasteiger partial charge in [0.2, 0.25) is 5.78 Å². The average Bonchev–Trinajstić information content (AvgIpc) is 2.84. The van der Waals surface area contributed by atoms with Crippen LogP contribution in [0.4, 0.5) is 13.2 Å². The number of carbonyl (C=O) groups is 1. The Morgan fingerprint density at radius 2 is 1.73 bits per heavy atom. The van der Waals surface area contributed by atoms with E-state index in [2.05, 4.69) is 4.98 Å². The number of aliphatic hydroxyl groups is 2. The minimum atomic E-state index is -4.69. The van der Waals surface area contributed by atoms with E-state index < -0.39 is 35.8 Å². The van der Waals surface area contributed by atoms with E-state index in [1.54, 1.807) is 24.3 Å². The topological polar surface area (TPSA) is 103 Å². The Kier molecular flexibility index (Phi) is 8.68. The van der Waals surface area contributed by atoms with E-state index in [1.165, 1.54) is 30.3 Å². The molecule has 0 saturated heterocycles. The number of hydrogen-bond donors (Lipinski definition) is 2. The van der Waals surface area contributed by atoms with Gasteiger partial charge in [-0.3, -0.25) is 4.79 Å². The molecule has 1 atom stereocenters. The number of aromatic nitrogens is 1. The number of carbonyl (C=O) groups excluding carboxylic acids is 1. The van der Waals surface area contributed by atoms with Gasteiger partial charge in [-0.1, -0.05) is 19.9 Å². The summed E-state index contributed by atoms with van der Waals surface area (Å²) in [6.45, 7) is 3.28. The molecule has 33 heavy (non-hydrogen) atoms. The van der Waals surface area contributed by atoms with Crippen molar-refractivity contribution in [3.8, 4) is 28.8 Å². The highest BCUT2D eigenvalue weighted by Gasteiger charge is 2.34. The van der Waals surface area contributed by atoms with Crippen molar-refractivity contribution in [3.05, 3.63) is 77.5 Å². The van der Waals surface area contributed by atoms with Gasteiger partial charge in [0, 0.05) is 5.56 Å². The van der Waals surface area contributed by atoms with Crippen LogP contribution in [0, 0.1) is 11.3 Å². The van der Waals surface area contributed by atoms with E-state index >= 15 is 0 Å². The lowest BCUT2D eigenvalue weighted by atomic mass is 10.1. The molecule has 0 radical (unpaired) electrons. The molecule has 0 bridgehead atoms. The van der Waals surface area contributed by atoms with Crippen LogP contribution in [-0.4, -0.2) is 33.7 Å². The van der Waals surface area contributed by atoms with Gasteiger partial charge in [0.05, 0.1) is 29.5 Å². The Hall–Kier alpha value is -3.74. The minimum absolute atomic E-state index is 0.0170. The first kappa shape index (κ1) is 25.5. The van der Waals surface area contributed by atoms with Crippen molar-refractivity contribution in [2.24, 2.45) is 0 Å². The van der Waals surface area contributed by atoms with Gasteiger partial charge in [0.15, 0.2) is 0 Å². The van der Waals surface area contributed by atoms with Crippen molar-refractivity contribution in [1.29, 1.82) is 5.26 Å². The lowest BCUT2D eigenvalue weighted by Crippen LogP contribution is -2.25. The molecule has 3 rings (SSSR count). The van der Waals surface area contributed by atoms with E-state index in [-0.39, 0.29) is 17.2 Å². The quantitative estimate of drug-likeness (QED) is 0.504. The molecule has 1 heterocycles. The van der Waals surface area contributed by atoms with Crippen molar-refractivity contribution in [2.75, 3.05) is 6.61 Å². The molecule has 1 aromatic heterocycles. The van der Waals surface area contributed by atoms with Crippen molar-refractivity contribution in [1.82, 2.24) is 4.98 Å². The second kappa shape index (κ2) is 11.2. The van der Waals surface area contributed by atoms with Crippen LogP contribution in [0.25, 0.3) is 11.3 Å². The summed E-state index contributed by atoms with van der Waals surface area (Å²) < 4.78 is 44.7. The maximum atomic E-state index is 13.1. The highest BCUT2D eigenvalue weighted by atomic mass is 19.4. The monoisotopic (exact) mass is 458 g/mol. The molecule has 9 heteroatoms. The van der Waals surface area contributed by atoms with Crippen LogP contribution in [0.2, 0.25) is 0 Å². The zero-order chi connectivity index (χ0) is 24.6. The molecule has 0 aliphatic heterocycles. The summed E-state index contributed by atoms with van der Waals surface area (Å²) in [5, 5.41) is 27.2. The summed E-state index contributed by atoms with van der Waals surface area (Å²) in [4.78, 5) is 16.1. The molecule has 0 saturated carbocycles. The Morgan fingerprint density at radius 1 is 1.09 bits per heavy atom. The smallest absolute Gasteiger partial charge is 0.417 e. The Labute approximate surface area is 188 Å². The summed E-state index contributed by atoms with van der Waals surface area (Å²) in [5.41, 5.74) is -0.588. The van der Waals surface area contributed by atoms with Crippen molar-refractivity contribution >= 4 is 5.78 Å². The third-order valence-corrected chi connectivity index (χ3v) is 4.28. The van der Waals surface area contributed by atoms with E-state index in [0.717, 1.165) is 12.1 Å². The largest absolute Gasteiger partial charge is 0.457 e. The molecule has 0 aliphatic carbocycles. The zero-order valence-corrected chi connectivity index (χ0v) is 17.8. The molecule has 2 aromatic carbocycles. The second-order valence-electron chi connectivity index (χ2n) is 6.41. The number of ketones is 1. The van der Waals surface area contributed by atoms with Crippen LogP contribution in [0.15, 0.2) is 60.7 Å². The van der Waals surface area contributed by atoms with Crippen LogP contribution < -0.4 is 4.74 Å². The van der Waals surface area contributed by atoms with E-state index in [0.29, 0.717) is 11.3 Å². The van der Waals surface area contributed by atoms with E-state index in [4.69, 9.17) is 15.1 Å². The molecule has 0 aliphatic rings. The number of pyridine rings is 1. The number of nitrogens with zero attached hydrogens (tertiary/aromatic N) is 2. The third-order valence-electron chi connectivity index (χ3n) is 4.28. The molecule has 3 aromatic rings. The van der Waals surface area contributed by atoms with Gasteiger partial charge in [-0.15, -0.1) is 0 Å². The summed E-state index contributed by atoms with van der Waals surface area (Å²) in [6, 6.07) is 15.4. The fourth-order valence-corrected chi connectivity index (χ4v) is 2.74. The molecule has 0 amide bonds. The van der Waals surface area contributed by atoms with Crippen LogP contribution >= 0.6 is 0 Å². The molecule has 0 fully saturated rings. The van der Waals surface area contributed by atoms with E-state index in [1.807, 2.05) is 13.8 Å². The number of alkyl halides is 3. The van der Waals surface area contributed by atoms with Crippen LogP contribution in [-0.2, 0) is 6.18 Å². The van der Waals surface area contributed by atoms with Crippen LogP contribution in [0.3, 0.4) is 0 Å². The molecule has 172 valence electrons. The SMILES string of the molecule is CC.N#Cc1ccc(Oc2ccc(-c3cccc(C(=O)C(O)CO)n3)cc2)cc1C(F)(F)F. The van der Waals surface area contributed by atoms with Gasteiger partial charge >= 0.3 is 6.18 Å². The number of halogens is 3. The lowest BCUT2D eigenvalue weighted by molar-refractivity contribution is -0.137. The van der Waals surface area contributed by atoms with Crippen molar-refractivity contribution in [2.45, 2.75) is 26.1 Å². The summed E-state index contributed by atoms with van der Waals surface area (Å²) in [5.74, 6) is -0.544. The number of benzene rings is 2. The van der Waals surface area contributed by atoms with Crippen molar-refractivity contribution < 1.29 is 32.9 Å². The summed E-state index contributed by atoms with van der Waals surface area (Å²) in [7, 11) is 0. The number of aliphatic hydroxyl groups excluding tert-OH is 2. The zero-order valence-electron chi connectivity index (χ0n) is 17.8. The fraction of sp³-hybridized carbons (Fsp3) is 0.208. The minimum Gasteiger partial charge on any atom is -0.457 e. The summed E-state index contributed by atoms with van der Waals surface area (Å²) >= 11 is 0. The standard InChI is InChI=1S/C22H15F3N2O4.C2H6/c23-22(24,25)17-10-16(9-6-14(17)11-26)31-15-7-4-13(5-8-15)18-2-1-3-19(27-18)21(30)20(29)12-28;1-2/h1-10,20,28-29H,12H2;1-2H3. The molecule has 1 unspecified atom stereocenters. The first-order valence-electron chi connectivity index (χ1n) is 9.92. The van der Waals surface area contributed by atoms with Gasteiger partial charge < -0.3 is 14.9 Å². The van der Waals surface area contributed by atoms with Crippen molar-refractivity contribution in [3.63, 3.8) is 0 Å². The predicted molar refractivity (Wildman–Crippen MR) is 115 cm³/mol. The Bertz CT molecular complexity index is 1140. The molecular weight excluding hydrogens is 437 g/mol. The molecule has 0 spiro atoms. The maximum Gasteiger partial charge on any atom is 0.417 e. The first-order chi connectivity index (χ1) is 15.7. The maximum absolute atomic E-state index is 13.1. The molecule has 2 N–H and O–H groups in total.